The maximum atomic E-state index is 10.6. The molecular formula is C15H18N2O2. The zero-order valence-electron chi connectivity index (χ0n) is 11.2. The highest BCUT2D eigenvalue weighted by Crippen LogP contribution is 2.13. The highest BCUT2D eigenvalue weighted by molar-refractivity contribution is 5.66. The van der Waals surface area contributed by atoms with E-state index in [4.69, 9.17) is 5.11 Å². The Kier molecular flexibility index (Phi) is 4.00. The van der Waals surface area contributed by atoms with Gasteiger partial charge in [0.1, 0.15) is 5.82 Å². The van der Waals surface area contributed by atoms with Crippen LogP contribution in [-0.4, -0.2) is 21.0 Å². The zero-order valence-corrected chi connectivity index (χ0v) is 11.2. The number of hydrogen-bond donors (Lipinski definition) is 2. The van der Waals surface area contributed by atoms with Crippen LogP contribution < -0.4 is 0 Å². The molecule has 0 radical (unpaired) electrons. The van der Waals surface area contributed by atoms with Gasteiger partial charge < -0.3 is 10.1 Å². The van der Waals surface area contributed by atoms with Gasteiger partial charge in [-0.05, 0) is 19.4 Å². The van der Waals surface area contributed by atoms with E-state index in [2.05, 4.69) is 35.1 Å². The minimum absolute atomic E-state index is 0.108. The van der Waals surface area contributed by atoms with Crippen LogP contribution in [0.5, 0.6) is 0 Å². The van der Waals surface area contributed by atoms with E-state index in [0.717, 1.165) is 23.6 Å². The fourth-order valence-electron chi connectivity index (χ4n) is 2.09. The summed E-state index contributed by atoms with van der Waals surface area (Å²) in [5, 5.41) is 8.67. The largest absolute Gasteiger partial charge is 0.481 e. The van der Waals surface area contributed by atoms with Gasteiger partial charge in [0, 0.05) is 18.5 Å². The van der Waals surface area contributed by atoms with Crippen molar-refractivity contribution in [2.45, 2.75) is 33.1 Å². The molecule has 4 heteroatoms. The molecule has 1 aromatic heterocycles. The van der Waals surface area contributed by atoms with Gasteiger partial charge in [-0.2, -0.15) is 0 Å². The molecule has 1 aromatic carbocycles. The van der Waals surface area contributed by atoms with Crippen molar-refractivity contribution in [3.63, 3.8) is 0 Å². The van der Waals surface area contributed by atoms with Crippen LogP contribution in [0.3, 0.4) is 0 Å². The van der Waals surface area contributed by atoms with Gasteiger partial charge in [0.15, 0.2) is 0 Å². The normalized spacial score (nSPS) is 10.6. The predicted molar refractivity (Wildman–Crippen MR) is 73.3 cm³/mol. The maximum absolute atomic E-state index is 10.6. The summed E-state index contributed by atoms with van der Waals surface area (Å²) in [5.74, 6) is -0.0446. The third-order valence-electron chi connectivity index (χ3n) is 3.06. The number of hydrogen-bond acceptors (Lipinski definition) is 2. The van der Waals surface area contributed by atoms with Crippen LogP contribution in [0.4, 0.5) is 0 Å². The van der Waals surface area contributed by atoms with Crippen LogP contribution in [0.15, 0.2) is 24.3 Å². The molecule has 2 rings (SSSR count). The summed E-state index contributed by atoms with van der Waals surface area (Å²) in [4.78, 5) is 18.2. The van der Waals surface area contributed by atoms with Crippen LogP contribution in [0.1, 0.15) is 34.8 Å². The summed E-state index contributed by atoms with van der Waals surface area (Å²) in [6.45, 7) is 4.04. The molecule has 2 aromatic rings. The molecule has 0 aliphatic rings. The minimum atomic E-state index is -0.797. The van der Waals surface area contributed by atoms with E-state index < -0.39 is 5.97 Å². The Morgan fingerprint density at radius 3 is 2.84 bits per heavy atom. The summed E-state index contributed by atoms with van der Waals surface area (Å²) in [5.41, 5.74) is 4.46. The van der Waals surface area contributed by atoms with Crippen molar-refractivity contribution in [2.75, 3.05) is 0 Å². The molecule has 4 nitrogen and oxygen atoms in total. The molecule has 19 heavy (non-hydrogen) atoms. The molecule has 0 aliphatic heterocycles. The first kappa shape index (κ1) is 13.3. The number of carboxylic acids is 1. The monoisotopic (exact) mass is 258 g/mol. The zero-order chi connectivity index (χ0) is 13.8. The number of benzene rings is 1. The number of aromatic amines is 1. The van der Waals surface area contributed by atoms with Crippen LogP contribution >= 0.6 is 0 Å². The molecule has 1 heterocycles. The molecule has 0 spiro atoms. The molecule has 0 aliphatic carbocycles. The van der Waals surface area contributed by atoms with Gasteiger partial charge in [0.2, 0.25) is 0 Å². The van der Waals surface area contributed by atoms with Gasteiger partial charge in [0.05, 0.1) is 12.1 Å². The standard InChI is InChI=1S/C15H18N2O2/c1-10-4-3-5-12(8-10)9-13-11(2)16-14(17-13)6-7-15(18)19/h3-5,8H,6-7,9H2,1-2H3,(H,16,17)(H,18,19). The smallest absolute Gasteiger partial charge is 0.303 e. The molecule has 100 valence electrons. The first-order valence-corrected chi connectivity index (χ1v) is 6.36. The number of nitrogens with one attached hydrogen (secondary N) is 1. The van der Waals surface area contributed by atoms with Crippen molar-refractivity contribution in [1.82, 2.24) is 9.97 Å². The topological polar surface area (TPSA) is 66.0 Å². The second kappa shape index (κ2) is 5.69. The Bertz CT molecular complexity index is 588. The number of aliphatic carboxylic acids is 1. The van der Waals surface area contributed by atoms with Crippen LogP contribution in [0.2, 0.25) is 0 Å². The Morgan fingerprint density at radius 2 is 2.16 bits per heavy atom. The predicted octanol–water partition coefficient (Wildman–Crippen LogP) is 2.63. The number of aryl methyl sites for hydroxylation is 3. The van der Waals surface area contributed by atoms with E-state index in [1.165, 1.54) is 11.1 Å². The van der Waals surface area contributed by atoms with Crippen molar-refractivity contribution >= 4 is 5.97 Å². The summed E-state index contributed by atoms with van der Waals surface area (Å²) >= 11 is 0. The first-order chi connectivity index (χ1) is 9.04. The lowest BCUT2D eigenvalue weighted by Crippen LogP contribution is -1.99. The summed E-state index contributed by atoms with van der Waals surface area (Å²) < 4.78 is 0. The van der Waals surface area contributed by atoms with E-state index in [1.54, 1.807) is 0 Å². The SMILES string of the molecule is Cc1cccc(Cc2nc(CCC(=O)O)[nH]c2C)c1. The van der Waals surface area contributed by atoms with Crippen LogP contribution in [0, 0.1) is 13.8 Å². The lowest BCUT2D eigenvalue weighted by molar-refractivity contribution is -0.137. The summed E-state index contributed by atoms with van der Waals surface area (Å²) in [7, 11) is 0. The van der Waals surface area contributed by atoms with E-state index in [0.29, 0.717) is 6.42 Å². The quantitative estimate of drug-likeness (QED) is 0.866. The number of carbonyl (C=O) groups is 1. The molecule has 0 saturated carbocycles. The molecule has 0 amide bonds. The van der Waals surface area contributed by atoms with Gasteiger partial charge in [-0.1, -0.05) is 29.8 Å². The Balaban J connectivity index is 2.10. The van der Waals surface area contributed by atoms with Crippen molar-refractivity contribution in [1.29, 1.82) is 0 Å². The van der Waals surface area contributed by atoms with E-state index in [9.17, 15) is 4.79 Å². The third-order valence-corrected chi connectivity index (χ3v) is 3.06. The average molecular weight is 258 g/mol. The molecule has 0 atom stereocenters. The van der Waals surface area contributed by atoms with E-state index in [-0.39, 0.29) is 6.42 Å². The number of rotatable bonds is 5. The first-order valence-electron chi connectivity index (χ1n) is 6.36. The van der Waals surface area contributed by atoms with E-state index in [1.807, 2.05) is 13.0 Å². The number of H-pyrrole nitrogens is 1. The van der Waals surface area contributed by atoms with Crippen molar-refractivity contribution < 1.29 is 9.90 Å². The third kappa shape index (κ3) is 3.68. The highest BCUT2D eigenvalue weighted by Gasteiger charge is 2.09. The maximum Gasteiger partial charge on any atom is 0.303 e. The second-order valence-corrected chi connectivity index (χ2v) is 4.81. The Labute approximate surface area is 112 Å². The molecule has 0 bridgehead atoms. The number of nitrogens with zero attached hydrogens (tertiary/aromatic N) is 1. The van der Waals surface area contributed by atoms with Crippen LogP contribution in [-0.2, 0) is 17.6 Å². The van der Waals surface area contributed by atoms with Crippen molar-refractivity contribution in [2.24, 2.45) is 0 Å². The fourth-order valence-corrected chi connectivity index (χ4v) is 2.09. The van der Waals surface area contributed by atoms with Crippen LogP contribution in [0.25, 0.3) is 0 Å². The lowest BCUT2D eigenvalue weighted by atomic mass is 10.1. The molecular weight excluding hydrogens is 240 g/mol. The van der Waals surface area contributed by atoms with Gasteiger partial charge in [0.25, 0.3) is 0 Å². The van der Waals surface area contributed by atoms with E-state index >= 15 is 0 Å². The summed E-state index contributed by atoms with van der Waals surface area (Å²) in [6.07, 6.45) is 1.33. The highest BCUT2D eigenvalue weighted by atomic mass is 16.4. The fraction of sp³-hybridized carbons (Fsp3) is 0.333. The summed E-state index contributed by atoms with van der Waals surface area (Å²) in [6, 6.07) is 8.33. The van der Waals surface area contributed by atoms with Crippen molar-refractivity contribution in [3.05, 3.63) is 52.6 Å². The number of carboxylic acid groups (broad SMARTS) is 1. The van der Waals surface area contributed by atoms with Gasteiger partial charge in [-0.15, -0.1) is 0 Å². The molecule has 0 unspecified atom stereocenters. The molecule has 0 fully saturated rings. The van der Waals surface area contributed by atoms with Gasteiger partial charge in [-0.3, -0.25) is 4.79 Å². The van der Waals surface area contributed by atoms with Gasteiger partial charge >= 0.3 is 5.97 Å². The second-order valence-electron chi connectivity index (χ2n) is 4.81. The molecule has 0 saturated heterocycles. The lowest BCUT2D eigenvalue weighted by Gasteiger charge is -2.01. The number of imidazole rings is 1. The Morgan fingerprint density at radius 1 is 1.37 bits per heavy atom. The number of aromatic nitrogens is 2. The molecule has 2 N–H and O–H groups in total. The minimum Gasteiger partial charge on any atom is -0.481 e. The Hall–Kier alpha value is -2.10. The average Bonchev–Trinajstić information content (AvgIpc) is 2.68. The van der Waals surface area contributed by atoms with Gasteiger partial charge in [-0.25, -0.2) is 4.98 Å². The van der Waals surface area contributed by atoms with Crippen molar-refractivity contribution in [3.8, 4) is 0 Å².